The molecule has 2 rings (SSSR count). The van der Waals surface area contributed by atoms with Gasteiger partial charge in [0.1, 0.15) is 5.01 Å². The summed E-state index contributed by atoms with van der Waals surface area (Å²) in [6.07, 6.45) is 0. The largest absolute Gasteiger partial charge is 0.322 e. The molecule has 2 heterocycles. The van der Waals surface area contributed by atoms with Gasteiger partial charge in [-0.2, -0.15) is 0 Å². The minimum atomic E-state index is -0.00958. The van der Waals surface area contributed by atoms with Crippen LogP contribution in [0.4, 0.5) is 0 Å². The summed E-state index contributed by atoms with van der Waals surface area (Å²) in [6, 6.07) is 2.08. The summed E-state index contributed by atoms with van der Waals surface area (Å²) >= 11 is 6.79. The number of hydrogen-bond acceptors (Lipinski definition) is 4. The molecule has 0 bridgehead atoms. The topological polar surface area (TPSA) is 38.9 Å². The molecule has 0 spiro atoms. The molecule has 0 aromatic carbocycles. The maximum atomic E-state index is 6.21. The molecule has 17 heavy (non-hydrogen) atoms. The van der Waals surface area contributed by atoms with Crippen molar-refractivity contribution in [1.29, 1.82) is 0 Å². The number of rotatable bonds is 2. The number of halogens is 1. The van der Waals surface area contributed by atoms with E-state index in [1.165, 1.54) is 4.88 Å². The molecule has 5 heteroatoms. The lowest BCUT2D eigenvalue weighted by Gasteiger charge is -2.24. The van der Waals surface area contributed by atoms with E-state index in [9.17, 15) is 0 Å². The first kappa shape index (κ1) is 13.2. The van der Waals surface area contributed by atoms with E-state index in [2.05, 4.69) is 58.5 Å². The van der Waals surface area contributed by atoms with Crippen molar-refractivity contribution in [2.75, 3.05) is 0 Å². The summed E-state index contributed by atoms with van der Waals surface area (Å²) in [6.45, 7) is 6.42. The molecule has 2 nitrogen and oxygen atoms in total. The van der Waals surface area contributed by atoms with Gasteiger partial charge in [-0.15, -0.1) is 22.7 Å². The molecule has 0 saturated carbocycles. The van der Waals surface area contributed by atoms with Gasteiger partial charge in [0.25, 0.3) is 0 Å². The van der Waals surface area contributed by atoms with Crippen molar-refractivity contribution in [3.8, 4) is 10.6 Å². The van der Waals surface area contributed by atoms with Crippen molar-refractivity contribution < 1.29 is 0 Å². The number of nitrogens with two attached hydrogens (primary N) is 1. The van der Waals surface area contributed by atoms with Gasteiger partial charge in [-0.05, 0) is 27.4 Å². The van der Waals surface area contributed by atoms with Crippen LogP contribution >= 0.6 is 38.6 Å². The second-order valence-electron chi connectivity index (χ2n) is 5.04. The molecule has 0 radical (unpaired) electrons. The second kappa shape index (κ2) is 4.80. The van der Waals surface area contributed by atoms with Crippen molar-refractivity contribution >= 4 is 38.6 Å². The zero-order chi connectivity index (χ0) is 12.6. The molecule has 92 valence electrons. The fourth-order valence-corrected chi connectivity index (χ4v) is 3.89. The average Bonchev–Trinajstić information content (AvgIpc) is 2.83. The van der Waals surface area contributed by atoms with Crippen LogP contribution in [-0.4, -0.2) is 4.98 Å². The highest BCUT2D eigenvalue weighted by Crippen LogP contribution is 2.36. The Bertz CT molecular complexity index is 511. The van der Waals surface area contributed by atoms with Crippen LogP contribution in [0.5, 0.6) is 0 Å². The second-order valence-corrected chi connectivity index (χ2v) is 7.76. The monoisotopic (exact) mass is 330 g/mol. The quantitative estimate of drug-likeness (QED) is 0.868. The smallest absolute Gasteiger partial charge is 0.111 e. The highest BCUT2D eigenvalue weighted by Gasteiger charge is 2.25. The van der Waals surface area contributed by atoms with E-state index in [1.807, 2.05) is 0 Å². The van der Waals surface area contributed by atoms with Gasteiger partial charge < -0.3 is 5.73 Å². The Kier molecular flexibility index (Phi) is 3.73. The van der Waals surface area contributed by atoms with Crippen LogP contribution in [0.25, 0.3) is 10.6 Å². The van der Waals surface area contributed by atoms with Gasteiger partial charge in [0.2, 0.25) is 0 Å². The van der Waals surface area contributed by atoms with Crippen LogP contribution in [-0.2, 0) is 0 Å². The summed E-state index contributed by atoms with van der Waals surface area (Å²) in [5.74, 6) is 0. The maximum absolute atomic E-state index is 6.21. The maximum Gasteiger partial charge on any atom is 0.111 e. The van der Waals surface area contributed by atoms with Gasteiger partial charge in [0.15, 0.2) is 0 Å². The van der Waals surface area contributed by atoms with Gasteiger partial charge in [0.05, 0.1) is 16.6 Å². The van der Waals surface area contributed by atoms with E-state index < -0.39 is 0 Å². The minimum Gasteiger partial charge on any atom is -0.322 e. The van der Waals surface area contributed by atoms with Gasteiger partial charge in [0, 0.05) is 15.2 Å². The van der Waals surface area contributed by atoms with E-state index in [-0.39, 0.29) is 11.5 Å². The SMILES string of the molecule is CC(C)(C)C(N)c1nc(-c2cc(Br)cs2)cs1. The number of thiophene rings is 1. The number of thiazole rings is 1. The van der Waals surface area contributed by atoms with E-state index in [4.69, 9.17) is 5.73 Å². The van der Waals surface area contributed by atoms with Gasteiger partial charge in [-0.3, -0.25) is 0 Å². The van der Waals surface area contributed by atoms with Crippen molar-refractivity contribution in [3.63, 3.8) is 0 Å². The molecule has 0 amide bonds. The lowest BCUT2D eigenvalue weighted by atomic mass is 9.88. The normalized spacial score (nSPS) is 13.9. The fourth-order valence-electron chi connectivity index (χ4n) is 1.36. The van der Waals surface area contributed by atoms with E-state index in [0.717, 1.165) is 15.2 Å². The Balaban J connectivity index is 2.28. The van der Waals surface area contributed by atoms with Crippen molar-refractivity contribution in [2.45, 2.75) is 26.8 Å². The van der Waals surface area contributed by atoms with Crippen LogP contribution < -0.4 is 5.73 Å². The Morgan fingerprint density at radius 1 is 1.29 bits per heavy atom. The highest BCUT2D eigenvalue weighted by molar-refractivity contribution is 9.10. The summed E-state index contributed by atoms with van der Waals surface area (Å²) in [5.41, 5.74) is 7.29. The average molecular weight is 331 g/mol. The van der Waals surface area contributed by atoms with Crippen molar-refractivity contribution in [3.05, 3.63) is 26.3 Å². The molecule has 0 aliphatic heterocycles. The van der Waals surface area contributed by atoms with E-state index >= 15 is 0 Å². The number of hydrogen-bond donors (Lipinski definition) is 1. The third kappa shape index (κ3) is 2.96. The lowest BCUT2D eigenvalue weighted by Crippen LogP contribution is -2.26. The summed E-state index contributed by atoms with van der Waals surface area (Å²) in [5, 5.41) is 5.16. The van der Waals surface area contributed by atoms with E-state index in [0.29, 0.717) is 0 Å². The molecule has 2 aromatic heterocycles. The van der Waals surface area contributed by atoms with Crippen LogP contribution in [0.3, 0.4) is 0 Å². The standard InChI is InChI=1S/C12H15BrN2S2/c1-12(2,3)10(14)11-15-8(6-17-11)9-4-7(13)5-16-9/h4-6,10H,14H2,1-3H3. The minimum absolute atomic E-state index is 0.00958. The molecule has 0 aliphatic rings. The highest BCUT2D eigenvalue weighted by atomic mass is 79.9. The molecule has 0 fully saturated rings. The Morgan fingerprint density at radius 3 is 2.53 bits per heavy atom. The first-order chi connectivity index (χ1) is 7.88. The van der Waals surface area contributed by atoms with Crippen molar-refractivity contribution in [2.24, 2.45) is 11.1 Å². The van der Waals surface area contributed by atoms with Crippen LogP contribution in [0.2, 0.25) is 0 Å². The molecule has 0 saturated heterocycles. The zero-order valence-electron chi connectivity index (χ0n) is 10.0. The summed E-state index contributed by atoms with van der Waals surface area (Å²) in [7, 11) is 0. The van der Waals surface area contributed by atoms with Crippen molar-refractivity contribution in [1.82, 2.24) is 4.98 Å². The number of aromatic nitrogens is 1. The van der Waals surface area contributed by atoms with Crippen LogP contribution in [0.15, 0.2) is 21.3 Å². The van der Waals surface area contributed by atoms with Crippen LogP contribution in [0.1, 0.15) is 31.8 Å². The molecule has 1 atom stereocenters. The molecule has 1 unspecified atom stereocenters. The predicted octanol–water partition coefficient (Wildman–Crippen LogP) is 4.68. The Hall–Kier alpha value is -0.230. The first-order valence-electron chi connectivity index (χ1n) is 5.33. The van der Waals surface area contributed by atoms with E-state index in [1.54, 1.807) is 22.7 Å². The molecule has 2 aromatic rings. The first-order valence-corrected chi connectivity index (χ1v) is 7.88. The predicted molar refractivity (Wildman–Crippen MR) is 79.5 cm³/mol. The lowest BCUT2D eigenvalue weighted by molar-refractivity contribution is 0.326. The Morgan fingerprint density at radius 2 is 2.00 bits per heavy atom. The molecular formula is C12H15BrN2S2. The third-order valence-corrected chi connectivity index (χ3v) is 5.18. The number of nitrogens with zero attached hydrogens (tertiary/aromatic N) is 1. The summed E-state index contributed by atoms with van der Waals surface area (Å²) < 4.78 is 1.10. The van der Waals surface area contributed by atoms with Gasteiger partial charge in [-0.1, -0.05) is 20.8 Å². The molecule has 0 aliphatic carbocycles. The molecular weight excluding hydrogens is 316 g/mol. The fraction of sp³-hybridized carbons (Fsp3) is 0.417. The van der Waals surface area contributed by atoms with Gasteiger partial charge >= 0.3 is 0 Å². The zero-order valence-corrected chi connectivity index (χ0v) is 13.2. The van der Waals surface area contributed by atoms with Crippen LogP contribution in [0, 0.1) is 5.41 Å². The van der Waals surface area contributed by atoms with Gasteiger partial charge in [-0.25, -0.2) is 4.98 Å². The summed E-state index contributed by atoms with van der Waals surface area (Å²) in [4.78, 5) is 5.82. The molecule has 2 N–H and O–H groups in total. The third-order valence-electron chi connectivity index (χ3n) is 2.54. The Labute approximate surface area is 118 Å².